The molecular formula is C18H22N4O2S. The third kappa shape index (κ3) is 3.72. The second-order valence-electron chi connectivity index (χ2n) is 5.60. The lowest BCUT2D eigenvalue weighted by molar-refractivity contribution is 0.0991. The Bertz CT molecular complexity index is 952. The molecule has 0 unspecified atom stereocenters. The first-order valence-electron chi connectivity index (χ1n) is 8.43. The zero-order valence-electron chi connectivity index (χ0n) is 14.7. The van der Waals surface area contributed by atoms with E-state index in [9.17, 15) is 4.79 Å². The van der Waals surface area contributed by atoms with Gasteiger partial charge in [-0.3, -0.25) is 9.48 Å². The summed E-state index contributed by atoms with van der Waals surface area (Å²) in [5.74, 6) is -0.313. The Morgan fingerprint density at radius 3 is 2.84 bits per heavy atom. The number of benzene rings is 1. The molecule has 0 saturated carbocycles. The Morgan fingerprint density at radius 1 is 1.32 bits per heavy atom. The molecule has 0 aliphatic carbocycles. The van der Waals surface area contributed by atoms with Crippen molar-refractivity contribution in [3.8, 4) is 0 Å². The van der Waals surface area contributed by atoms with Gasteiger partial charge in [0, 0.05) is 25.4 Å². The van der Waals surface area contributed by atoms with E-state index in [0.717, 1.165) is 22.5 Å². The summed E-state index contributed by atoms with van der Waals surface area (Å²) in [7, 11) is 0. The molecule has 7 heteroatoms. The first-order valence-corrected chi connectivity index (χ1v) is 9.25. The third-order valence-corrected chi connectivity index (χ3v) is 5.01. The average Bonchev–Trinajstić information content (AvgIpc) is 3.16. The van der Waals surface area contributed by atoms with Gasteiger partial charge < -0.3 is 9.30 Å². The summed E-state index contributed by atoms with van der Waals surface area (Å²) in [5.41, 5.74) is 2.41. The van der Waals surface area contributed by atoms with E-state index < -0.39 is 0 Å². The van der Waals surface area contributed by atoms with Gasteiger partial charge in [-0.2, -0.15) is 10.1 Å². The van der Waals surface area contributed by atoms with E-state index in [1.807, 2.05) is 49.6 Å². The number of carbonyl (C=O) groups is 1. The van der Waals surface area contributed by atoms with Gasteiger partial charge in [-0.05, 0) is 39.0 Å². The quantitative estimate of drug-likeness (QED) is 0.637. The van der Waals surface area contributed by atoms with E-state index in [4.69, 9.17) is 4.74 Å². The minimum Gasteiger partial charge on any atom is -0.380 e. The van der Waals surface area contributed by atoms with E-state index in [-0.39, 0.29) is 5.91 Å². The highest BCUT2D eigenvalue weighted by Gasteiger charge is 2.13. The number of hydrogen-bond acceptors (Lipinski definition) is 4. The van der Waals surface area contributed by atoms with Crippen LogP contribution in [0.1, 0.15) is 30.0 Å². The van der Waals surface area contributed by atoms with Crippen molar-refractivity contribution in [1.82, 2.24) is 14.3 Å². The Balaban J connectivity index is 2.01. The van der Waals surface area contributed by atoms with Crippen molar-refractivity contribution in [3.05, 3.63) is 46.5 Å². The highest BCUT2D eigenvalue weighted by molar-refractivity contribution is 7.16. The topological polar surface area (TPSA) is 61.4 Å². The van der Waals surface area contributed by atoms with Crippen LogP contribution in [0, 0.1) is 6.92 Å². The second kappa shape index (κ2) is 7.76. The van der Waals surface area contributed by atoms with Crippen LogP contribution in [0.15, 0.2) is 35.3 Å². The molecule has 0 fully saturated rings. The average molecular weight is 358 g/mol. The van der Waals surface area contributed by atoms with Crippen LogP contribution in [0.3, 0.4) is 0 Å². The van der Waals surface area contributed by atoms with Crippen molar-refractivity contribution in [3.63, 3.8) is 0 Å². The Morgan fingerprint density at radius 2 is 2.12 bits per heavy atom. The molecule has 1 amide bonds. The monoisotopic (exact) mass is 358 g/mol. The van der Waals surface area contributed by atoms with E-state index >= 15 is 0 Å². The predicted molar refractivity (Wildman–Crippen MR) is 98.8 cm³/mol. The minimum atomic E-state index is -0.313. The third-order valence-electron chi connectivity index (χ3n) is 3.95. The van der Waals surface area contributed by atoms with Gasteiger partial charge in [0.15, 0.2) is 10.5 Å². The number of thiazole rings is 1. The normalized spacial score (nSPS) is 12.2. The molecule has 0 spiro atoms. The van der Waals surface area contributed by atoms with Crippen molar-refractivity contribution >= 4 is 27.5 Å². The second-order valence-corrected chi connectivity index (χ2v) is 6.61. The fourth-order valence-electron chi connectivity index (χ4n) is 2.70. The predicted octanol–water partition coefficient (Wildman–Crippen LogP) is 3.01. The number of fused-ring (bicyclic) bond motifs is 1. The molecule has 2 aromatic heterocycles. The standard InChI is InChI=1S/C18H22N4O2S/c1-4-22-13(3)12-14(20-22)17(23)19-18-21(10-11-24-5-2)15-8-6-7-9-16(15)25-18/h6-9,12H,4-5,10-11H2,1-3H3. The largest absolute Gasteiger partial charge is 0.380 e. The van der Waals surface area contributed by atoms with Gasteiger partial charge in [-0.25, -0.2) is 0 Å². The molecule has 1 aromatic carbocycles. The SMILES string of the molecule is CCOCCn1c(=NC(=O)c2cc(C)n(CC)n2)sc2ccccc21. The number of rotatable bonds is 6. The molecular weight excluding hydrogens is 336 g/mol. The zero-order chi connectivity index (χ0) is 17.8. The Hall–Kier alpha value is -2.25. The summed E-state index contributed by atoms with van der Waals surface area (Å²) in [6.45, 7) is 8.55. The van der Waals surface area contributed by atoms with E-state index in [0.29, 0.717) is 30.3 Å². The van der Waals surface area contributed by atoms with Crippen LogP contribution < -0.4 is 4.80 Å². The zero-order valence-corrected chi connectivity index (χ0v) is 15.5. The Kier molecular flexibility index (Phi) is 5.45. The molecule has 0 bridgehead atoms. The van der Waals surface area contributed by atoms with Gasteiger partial charge in [-0.1, -0.05) is 23.5 Å². The molecule has 0 aliphatic rings. The van der Waals surface area contributed by atoms with Crippen LogP contribution in [0.4, 0.5) is 0 Å². The lowest BCUT2D eigenvalue weighted by Crippen LogP contribution is -2.20. The van der Waals surface area contributed by atoms with Crippen LogP contribution in [-0.2, 0) is 17.8 Å². The highest BCUT2D eigenvalue weighted by Crippen LogP contribution is 2.17. The molecule has 0 atom stereocenters. The van der Waals surface area contributed by atoms with Crippen LogP contribution in [-0.4, -0.2) is 33.5 Å². The molecule has 132 valence electrons. The number of aryl methyl sites for hydroxylation is 2. The molecule has 25 heavy (non-hydrogen) atoms. The van der Waals surface area contributed by atoms with Crippen LogP contribution in [0.2, 0.25) is 0 Å². The number of nitrogens with zero attached hydrogens (tertiary/aromatic N) is 4. The molecule has 3 aromatic rings. The molecule has 0 N–H and O–H groups in total. The van der Waals surface area contributed by atoms with Gasteiger partial charge in [-0.15, -0.1) is 0 Å². The van der Waals surface area contributed by atoms with Crippen molar-refractivity contribution in [2.75, 3.05) is 13.2 Å². The number of aromatic nitrogens is 3. The maximum Gasteiger partial charge on any atom is 0.300 e. The number of para-hydroxylation sites is 1. The molecule has 6 nitrogen and oxygen atoms in total. The first kappa shape index (κ1) is 17.6. The summed E-state index contributed by atoms with van der Waals surface area (Å²) in [4.78, 5) is 17.6. The summed E-state index contributed by atoms with van der Waals surface area (Å²) >= 11 is 1.51. The van der Waals surface area contributed by atoms with E-state index in [2.05, 4.69) is 10.1 Å². The number of carbonyl (C=O) groups excluding carboxylic acids is 1. The number of ether oxygens (including phenoxy) is 1. The van der Waals surface area contributed by atoms with Gasteiger partial charge in [0.05, 0.1) is 16.8 Å². The van der Waals surface area contributed by atoms with Crippen molar-refractivity contribution in [2.45, 2.75) is 33.9 Å². The minimum absolute atomic E-state index is 0.313. The maximum absolute atomic E-state index is 12.6. The van der Waals surface area contributed by atoms with Gasteiger partial charge in [0.2, 0.25) is 0 Å². The van der Waals surface area contributed by atoms with E-state index in [1.165, 1.54) is 11.3 Å². The summed E-state index contributed by atoms with van der Waals surface area (Å²) in [6, 6.07) is 9.84. The maximum atomic E-state index is 12.6. The van der Waals surface area contributed by atoms with Crippen LogP contribution >= 0.6 is 11.3 Å². The molecule has 2 heterocycles. The Labute approximate surface area is 150 Å². The van der Waals surface area contributed by atoms with Crippen LogP contribution in [0.25, 0.3) is 10.2 Å². The van der Waals surface area contributed by atoms with Crippen molar-refractivity contribution < 1.29 is 9.53 Å². The summed E-state index contributed by atoms with van der Waals surface area (Å²) in [6.07, 6.45) is 0. The molecule has 0 radical (unpaired) electrons. The van der Waals surface area contributed by atoms with E-state index in [1.54, 1.807) is 10.7 Å². The van der Waals surface area contributed by atoms with Gasteiger partial charge in [0.1, 0.15) is 0 Å². The molecule has 3 rings (SSSR count). The smallest absolute Gasteiger partial charge is 0.300 e. The fraction of sp³-hybridized carbons (Fsp3) is 0.389. The van der Waals surface area contributed by atoms with Crippen LogP contribution in [0.5, 0.6) is 0 Å². The molecule has 0 aliphatic heterocycles. The lowest BCUT2D eigenvalue weighted by Gasteiger charge is -2.05. The fourth-order valence-corrected chi connectivity index (χ4v) is 3.76. The van der Waals surface area contributed by atoms with Gasteiger partial charge in [0.25, 0.3) is 5.91 Å². The summed E-state index contributed by atoms with van der Waals surface area (Å²) < 4.78 is 10.4. The highest BCUT2D eigenvalue weighted by atomic mass is 32.1. The van der Waals surface area contributed by atoms with Crippen molar-refractivity contribution in [1.29, 1.82) is 0 Å². The lowest BCUT2D eigenvalue weighted by atomic mass is 10.3. The molecule has 0 saturated heterocycles. The van der Waals surface area contributed by atoms with Crippen molar-refractivity contribution in [2.24, 2.45) is 4.99 Å². The summed E-state index contributed by atoms with van der Waals surface area (Å²) in [5, 5.41) is 4.33. The number of hydrogen-bond donors (Lipinski definition) is 0. The number of amides is 1. The van der Waals surface area contributed by atoms with Gasteiger partial charge >= 0.3 is 0 Å². The first-order chi connectivity index (χ1) is 12.1.